The molecule has 0 fully saturated rings. The Morgan fingerprint density at radius 3 is 2.88 bits per heavy atom. The van der Waals surface area contributed by atoms with E-state index in [2.05, 4.69) is 5.32 Å². The third-order valence-corrected chi connectivity index (χ3v) is 3.97. The molecule has 1 aromatic carbocycles. The second-order valence-electron chi connectivity index (χ2n) is 4.86. The summed E-state index contributed by atoms with van der Waals surface area (Å²) in [6.45, 7) is 0.718. The van der Waals surface area contributed by atoms with Gasteiger partial charge in [-0.3, -0.25) is 4.79 Å². The molecule has 0 aliphatic rings. The Labute approximate surface area is 144 Å². The highest BCUT2D eigenvalue weighted by Crippen LogP contribution is 2.13. The van der Waals surface area contributed by atoms with E-state index in [1.54, 1.807) is 19.3 Å². The zero-order valence-electron chi connectivity index (χ0n) is 13.4. The lowest BCUT2D eigenvalue weighted by molar-refractivity contribution is -0.137. The third-order valence-electron chi connectivity index (χ3n) is 3.10. The fourth-order valence-corrected chi connectivity index (χ4v) is 2.54. The van der Waals surface area contributed by atoms with Crippen LogP contribution in [0.15, 0.2) is 47.9 Å². The van der Waals surface area contributed by atoms with Gasteiger partial charge in [-0.1, -0.05) is 18.2 Å². The molecule has 126 valence electrons. The van der Waals surface area contributed by atoms with Gasteiger partial charge >= 0.3 is 5.97 Å². The molecule has 0 radical (unpaired) electrons. The Balaban J connectivity index is 1.64. The van der Waals surface area contributed by atoms with Crippen molar-refractivity contribution in [1.82, 2.24) is 5.32 Å². The van der Waals surface area contributed by atoms with E-state index < -0.39 is 5.97 Å². The van der Waals surface area contributed by atoms with Gasteiger partial charge in [0, 0.05) is 12.6 Å². The maximum Gasteiger partial charge on any atom is 0.330 e. The number of thiophene rings is 1. The molecule has 0 saturated heterocycles. The van der Waals surface area contributed by atoms with Gasteiger partial charge in [0.25, 0.3) is 5.91 Å². The topological polar surface area (TPSA) is 64.6 Å². The Morgan fingerprint density at radius 1 is 1.25 bits per heavy atom. The van der Waals surface area contributed by atoms with Crippen LogP contribution in [0.4, 0.5) is 0 Å². The second-order valence-corrected chi connectivity index (χ2v) is 5.81. The number of amides is 1. The van der Waals surface area contributed by atoms with E-state index >= 15 is 0 Å². The number of rotatable bonds is 8. The molecule has 0 spiro atoms. The van der Waals surface area contributed by atoms with Gasteiger partial charge in [-0.15, -0.1) is 11.3 Å². The maximum atomic E-state index is 11.7. The molecule has 1 amide bonds. The number of hydrogen-bond donors (Lipinski definition) is 1. The molecule has 0 unspecified atom stereocenters. The van der Waals surface area contributed by atoms with E-state index in [-0.39, 0.29) is 12.5 Å². The highest BCUT2D eigenvalue weighted by Gasteiger charge is 2.05. The van der Waals surface area contributed by atoms with Gasteiger partial charge in [-0.05, 0) is 41.6 Å². The minimum absolute atomic E-state index is 0.103. The first kappa shape index (κ1) is 17.7. The van der Waals surface area contributed by atoms with Crippen LogP contribution < -0.4 is 10.1 Å². The zero-order chi connectivity index (χ0) is 17.2. The highest BCUT2D eigenvalue weighted by molar-refractivity contribution is 7.12. The van der Waals surface area contributed by atoms with Crippen molar-refractivity contribution in [2.75, 3.05) is 20.3 Å². The minimum atomic E-state index is -0.414. The largest absolute Gasteiger partial charge is 0.497 e. The molecule has 0 saturated carbocycles. The molecule has 5 nitrogen and oxygen atoms in total. The number of benzene rings is 1. The quantitative estimate of drug-likeness (QED) is 0.453. The molecular weight excluding hydrogens is 326 g/mol. The molecule has 0 aliphatic carbocycles. The van der Waals surface area contributed by atoms with Crippen molar-refractivity contribution in [1.29, 1.82) is 0 Å². The standard InChI is InChI=1S/C18H19NO4S/c1-22-15-6-2-5-14(13-15)8-9-17(20)23-11-4-10-19-18(21)16-7-3-12-24-16/h2-3,5-9,12-13H,4,10-11H2,1H3,(H,19,21)/b9-8+. The lowest BCUT2D eigenvalue weighted by Crippen LogP contribution is -2.24. The number of esters is 1. The summed E-state index contributed by atoms with van der Waals surface area (Å²) in [4.78, 5) is 24.0. The van der Waals surface area contributed by atoms with Crippen LogP contribution in [-0.2, 0) is 9.53 Å². The first-order valence-electron chi connectivity index (χ1n) is 7.49. The van der Waals surface area contributed by atoms with Gasteiger partial charge in [0.2, 0.25) is 0 Å². The first-order valence-corrected chi connectivity index (χ1v) is 8.37. The summed E-state index contributed by atoms with van der Waals surface area (Å²) < 4.78 is 10.2. The molecule has 2 rings (SSSR count). The van der Waals surface area contributed by atoms with Crippen LogP contribution in [0.1, 0.15) is 21.7 Å². The van der Waals surface area contributed by atoms with Crippen LogP contribution in [0.3, 0.4) is 0 Å². The number of methoxy groups -OCH3 is 1. The van der Waals surface area contributed by atoms with E-state index in [0.717, 1.165) is 11.3 Å². The van der Waals surface area contributed by atoms with Crippen LogP contribution in [0, 0.1) is 0 Å². The van der Waals surface area contributed by atoms with Crippen molar-refractivity contribution in [2.24, 2.45) is 0 Å². The summed E-state index contributed by atoms with van der Waals surface area (Å²) in [6, 6.07) is 11.0. The fraction of sp³-hybridized carbons (Fsp3) is 0.222. The molecule has 2 aromatic rings. The monoisotopic (exact) mass is 345 g/mol. The van der Waals surface area contributed by atoms with Gasteiger partial charge in [0.1, 0.15) is 5.75 Å². The first-order chi connectivity index (χ1) is 11.7. The SMILES string of the molecule is COc1cccc(/C=C/C(=O)OCCCNC(=O)c2cccs2)c1. The van der Waals surface area contributed by atoms with Crippen LogP contribution >= 0.6 is 11.3 Å². The Hall–Kier alpha value is -2.60. The van der Waals surface area contributed by atoms with E-state index in [9.17, 15) is 9.59 Å². The predicted octanol–water partition coefficient (Wildman–Crippen LogP) is 3.13. The molecular formula is C18H19NO4S. The van der Waals surface area contributed by atoms with Gasteiger partial charge < -0.3 is 14.8 Å². The summed E-state index contributed by atoms with van der Waals surface area (Å²) in [5, 5.41) is 4.63. The summed E-state index contributed by atoms with van der Waals surface area (Å²) in [5.41, 5.74) is 0.856. The van der Waals surface area contributed by atoms with Crippen molar-refractivity contribution < 1.29 is 19.1 Å². The lowest BCUT2D eigenvalue weighted by atomic mass is 10.2. The fourth-order valence-electron chi connectivity index (χ4n) is 1.90. The van der Waals surface area contributed by atoms with Gasteiger partial charge in [-0.2, -0.15) is 0 Å². The average Bonchev–Trinajstić information content (AvgIpc) is 3.14. The van der Waals surface area contributed by atoms with Crippen LogP contribution in [0.2, 0.25) is 0 Å². The van der Waals surface area contributed by atoms with Gasteiger partial charge in [-0.25, -0.2) is 4.79 Å². The Bertz CT molecular complexity index is 695. The Morgan fingerprint density at radius 2 is 2.12 bits per heavy atom. The van der Waals surface area contributed by atoms with E-state index in [1.165, 1.54) is 17.4 Å². The van der Waals surface area contributed by atoms with Crippen molar-refractivity contribution >= 4 is 29.3 Å². The van der Waals surface area contributed by atoms with E-state index in [4.69, 9.17) is 9.47 Å². The molecule has 0 bridgehead atoms. The molecule has 1 N–H and O–H groups in total. The number of ether oxygens (including phenoxy) is 2. The summed E-state index contributed by atoms with van der Waals surface area (Å²) in [7, 11) is 1.59. The molecule has 24 heavy (non-hydrogen) atoms. The molecule has 0 atom stereocenters. The van der Waals surface area contributed by atoms with Gasteiger partial charge in [0.05, 0.1) is 18.6 Å². The van der Waals surface area contributed by atoms with E-state index in [0.29, 0.717) is 17.8 Å². The molecule has 0 aliphatic heterocycles. The molecule has 6 heteroatoms. The number of carbonyl (C=O) groups is 2. The Kier molecular flexibility index (Phi) is 7.04. The smallest absolute Gasteiger partial charge is 0.330 e. The third kappa shape index (κ3) is 5.89. The van der Waals surface area contributed by atoms with E-state index in [1.807, 2.05) is 35.7 Å². The second kappa shape index (κ2) is 9.52. The number of hydrogen-bond acceptors (Lipinski definition) is 5. The predicted molar refractivity (Wildman–Crippen MR) is 94.3 cm³/mol. The summed E-state index contributed by atoms with van der Waals surface area (Å²) in [6.07, 6.45) is 3.61. The van der Waals surface area contributed by atoms with Crippen molar-refractivity contribution in [3.8, 4) is 5.75 Å². The zero-order valence-corrected chi connectivity index (χ0v) is 14.2. The minimum Gasteiger partial charge on any atom is -0.497 e. The van der Waals surface area contributed by atoms with Crippen molar-refractivity contribution in [2.45, 2.75) is 6.42 Å². The number of nitrogens with one attached hydrogen (secondary N) is 1. The van der Waals surface area contributed by atoms with Crippen LogP contribution in [-0.4, -0.2) is 32.1 Å². The maximum absolute atomic E-state index is 11.7. The van der Waals surface area contributed by atoms with Crippen LogP contribution in [0.5, 0.6) is 5.75 Å². The van der Waals surface area contributed by atoms with Crippen molar-refractivity contribution in [3.63, 3.8) is 0 Å². The normalized spacial score (nSPS) is 10.5. The highest BCUT2D eigenvalue weighted by atomic mass is 32.1. The summed E-state index contributed by atoms with van der Waals surface area (Å²) >= 11 is 1.39. The molecule has 1 aromatic heterocycles. The van der Waals surface area contributed by atoms with Gasteiger partial charge in [0.15, 0.2) is 0 Å². The number of carbonyl (C=O) groups excluding carboxylic acids is 2. The molecule has 1 heterocycles. The van der Waals surface area contributed by atoms with Crippen molar-refractivity contribution in [3.05, 3.63) is 58.3 Å². The lowest BCUT2D eigenvalue weighted by Gasteiger charge is -2.04. The van der Waals surface area contributed by atoms with Crippen LogP contribution in [0.25, 0.3) is 6.08 Å². The summed E-state index contributed by atoms with van der Waals surface area (Å²) in [5.74, 6) is 0.212. The average molecular weight is 345 g/mol.